The van der Waals surface area contributed by atoms with Gasteiger partial charge in [-0.3, -0.25) is 14.5 Å². The molecule has 23 heavy (non-hydrogen) atoms. The van der Waals surface area contributed by atoms with Gasteiger partial charge in [-0.2, -0.15) is 0 Å². The summed E-state index contributed by atoms with van der Waals surface area (Å²) in [5.41, 5.74) is 1.09. The molecule has 1 amide bonds. The van der Waals surface area contributed by atoms with Crippen LogP contribution < -0.4 is 5.32 Å². The van der Waals surface area contributed by atoms with E-state index < -0.39 is 12.0 Å². The van der Waals surface area contributed by atoms with E-state index in [0.717, 1.165) is 18.4 Å². The molecule has 0 aliphatic carbocycles. The molecular formula is C17H25ClN2O3. The van der Waals surface area contributed by atoms with Crippen LogP contribution in [0.25, 0.3) is 0 Å². The molecule has 1 atom stereocenters. The Kier molecular flexibility index (Phi) is 8.06. The molecule has 1 aromatic rings. The van der Waals surface area contributed by atoms with Crippen LogP contribution in [0, 0.1) is 5.92 Å². The molecule has 0 aromatic heterocycles. The van der Waals surface area contributed by atoms with Crippen LogP contribution in [-0.2, 0) is 16.1 Å². The number of hydrogen-bond donors (Lipinski definition) is 2. The van der Waals surface area contributed by atoms with Gasteiger partial charge in [0.15, 0.2) is 0 Å². The van der Waals surface area contributed by atoms with Crippen LogP contribution in [0.1, 0.15) is 31.7 Å². The molecule has 1 fully saturated rings. The van der Waals surface area contributed by atoms with Gasteiger partial charge in [0.05, 0.1) is 0 Å². The lowest BCUT2D eigenvalue weighted by atomic mass is 9.94. The minimum absolute atomic E-state index is 0. The maximum Gasteiger partial charge on any atom is 0.320 e. The van der Waals surface area contributed by atoms with E-state index in [2.05, 4.69) is 5.32 Å². The predicted molar refractivity (Wildman–Crippen MR) is 91.5 cm³/mol. The molecule has 1 unspecified atom stereocenters. The zero-order chi connectivity index (χ0) is 15.9. The first-order valence-corrected chi connectivity index (χ1v) is 7.90. The quantitative estimate of drug-likeness (QED) is 0.833. The van der Waals surface area contributed by atoms with E-state index in [0.29, 0.717) is 26.1 Å². The molecule has 2 rings (SSSR count). The van der Waals surface area contributed by atoms with Gasteiger partial charge in [0, 0.05) is 12.5 Å². The number of nitrogens with one attached hydrogen (secondary N) is 1. The summed E-state index contributed by atoms with van der Waals surface area (Å²) < 4.78 is 0. The maximum absolute atomic E-state index is 12.2. The number of nitrogens with zero attached hydrogens (tertiary/aromatic N) is 1. The first-order valence-electron chi connectivity index (χ1n) is 7.90. The van der Waals surface area contributed by atoms with Crippen molar-refractivity contribution in [1.82, 2.24) is 10.2 Å². The summed E-state index contributed by atoms with van der Waals surface area (Å²) in [6.45, 7) is 3.78. The fourth-order valence-electron chi connectivity index (χ4n) is 2.99. The van der Waals surface area contributed by atoms with Gasteiger partial charge < -0.3 is 10.4 Å². The Hall–Kier alpha value is -1.59. The molecule has 0 saturated carbocycles. The SMILES string of the molecule is CCC(C(=O)O)N1CCC(C(=O)NCc2ccccc2)CC1.Cl. The second-order valence-electron chi connectivity index (χ2n) is 5.78. The number of likely N-dealkylation sites (tertiary alicyclic amines) is 1. The van der Waals surface area contributed by atoms with Crippen molar-refractivity contribution < 1.29 is 14.7 Å². The highest BCUT2D eigenvalue weighted by molar-refractivity contribution is 5.85. The van der Waals surface area contributed by atoms with Crippen molar-refractivity contribution in [2.24, 2.45) is 5.92 Å². The van der Waals surface area contributed by atoms with Crippen LogP contribution in [0.4, 0.5) is 0 Å². The van der Waals surface area contributed by atoms with Gasteiger partial charge in [0.25, 0.3) is 0 Å². The molecule has 0 radical (unpaired) electrons. The molecule has 6 heteroatoms. The molecule has 1 aromatic carbocycles. The summed E-state index contributed by atoms with van der Waals surface area (Å²) in [5.74, 6) is -0.701. The van der Waals surface area contributed by atoms with Crippen molar-refractivity contribution in [2.45, 2.75) is 38.8 Å². The molecule has 5 nitrogen and oxygen atoms in total. The Morgan fingerprint density at radius 3 is 2.39 bits per heavy atom. The summed E-state index contributed by atoms with van der Waals surface area (Å²) in [7, 11) is 0. The Bertz CT molecular complexity index is 502. The van der Waals surface area contributed by atoms with Gasteiger partial charge >= 0.3 is 5.97 Å². The first kappa shape index (κ1) is 19.5. The first-order chi connectivity index (χ1) is 10.6. The van der Waals surface area contributed by atoms with Gasteiger partial charge in [-0.15, -0.1) is 12.4 Å². The Morgan fingerprint density at radius 2 is 1.87 bits per heavy atom. The number of carboxylic acid groups (broad SMARTS) is 1. The number of halogens is 1. The molecular weight excluding hydrogens is 316 g/mol. The second kappa shape index (κ2) is 9.53. The number of carboxylic acids is 1. The van der Waals surface area contributed by atoms with Crippen LogP contribution in [-0.4, -0.2) is 41.0 Å². The molecule has 1 heterocycles. The lowest BCUT2D eigenvalue weighted by Crippen LogP contribution is -2.47. The van der Waals surface area contributed by atoms with E-state index >= 15 is 0 Å². The fraction of sp³-hybridized carbons (Fsp3) is 0.529. The minimum atomic E-state index is -0.769. The molecule has 0 spiro atoms. The Morgan fingerprint density at radius 1 is 1.26 bits per heavy atom. The average Bonchev–Trinajstić information content (AvgIpc) is 2.54. The largest absolute Gasteiger partial charge is 0.480 e. The molecule has 1 saturated heterocycles. The second-order valence-corrected chi connectivity index (χ2v) is 5.78. The number of rotatable bonds is 6. The van der Waals surface area contributed by atoms with Crippen LogP contribution in [0.15, 0.2) is 30.3 Å². The topological polar surface area (TPSA) is 69.6 Å². The van der Waals surface area contributed by atoms with Crippen molar-refractivity contribution in [3.8, 4) is 0 Å². The van der Waals surface area contributed by atoms with Crippen LogP contribution in [0.3, 0.4) is 0 Å². The minimum Gasteiger partial charge on any atom is -0.480 e. The summed E-state index contributed by atoms with van der Waals surface area (Å²) >= 11 is 0. The molecule has 1 aliphatic heterocycles. The van der Waals surface area contributed by atoms with Crippen molar-refractivity contribution in [1.29, 1.82) is 0 Å². The van der Waals surface area contributed by atoms with E-state index in [1.54, 1.807) is 0 Å². The highest BCUT2D eigenvalue weighted by Gasteiger charge is 2.30. The summed E-state index contributed by atoms with van der Waals surface area (Å²) in [6.07, 6.45) is 2.05. The summed E-state index contributed by atoms with van der Waals surface area (Å²) in [4.78, 5) is 25.4. The van der Waals surface area contributed by atoms with Crippen LogP contribution >= 0.6 is 12.4 Å². The number of piperidine rings is 1. The van der Waals surface area contributed by atoms with E-state index in [1.165, 1.54) is 0 Å². The number of benzene rings is 1. The smallest absolute Gasteiger partial charge is 0.320 e. The number of amides is 1. The monoisotopic (exact) mass is 340 g/mol. The number of aliphatic carboxylic acids is 1. The zero-order valence-corrected chi connectivity index (χ0v) is 14.2. The molecule has 2 N–H and O–H groups in total. The predicted octanol–water partition coefficient (Wildman–Crippen LogP) is 2.30. The summed E-state index contributed by atoms with van der Waals surface area (Å²) in [6, 6.07) is 9.41. The third kappa shape index (κ3) is 5.52. The standard InChI is InChI=1S/C17H24N2O3.ClH/c1-2-15(17(21)22)19-10-8-14(9-11-19)16(20)18-12-13-6-4-3-5-7-13;/h3-7,14-15H,2,8-12H2,1H3,(H,18,20)(H,21,22);1H. The molecule has 0 bridgehead atoms. The highest BCUT2D eigenvalue weighted by Crippen LogP contribution is 2.20. The van der Waals surface area contributed by atoms with Gasteiger partial charge in [0.2, 0.25) is 5.91 Å². The summed E-state index contributed by atoms with van der Waals surface area (Å²) in [5, 5.41) is 12.2. The van der Waals surface area contributed by atoms with Crippen molar-refractivity contribution in [2.75, 3.05) is 13.1 Å². The molecule has 1 aliphatic rings. The zero-order valence-electron chi connectivity index (χ0n) is 13.4. The van der Waals surface area contributed by atoms with Gasteiger partial charge in [-0.25, -0.2) is 0 Å². The average molecular weight is 341 g/mol. The van der Waals surface area contributed by atoms with Crippen molar-refractivity contribution in [3.63, 3.8) is 0 Å². The Balaban J connectivity index is 0.00000264. The molecule has 128 valence electrons. The highest BCUT2D eigenvalue weighted by atomic mass is 35.5. The number of carbonyl (C=O) groups excluding carboxylic acids is 1. The lowest BCUT2D eigenvalue weighted by molar-refractivity contribution is -0.144. The third-order valence-electron chi connectivity index (χ3n) is 4.32. The van der Waals surface area contributed by atoms with E-state index in [9.17, 15) is 14.7 Å². The van der Waals surface area contributed by atoms with E-state index in [4.69, 9.17) is 0 Å². The van der Waals surface area contributed by atoms with Crippen LogP contribution in [0.5, 0.6) is 0 Å². The van der Waals surface area contributed by atoms with E-state index in [-0.39, 0.29) is 24.2 Å². The van der Waals surface area contributed by atoms with Gasteiger partial charge in [0.1, 0.15) is 6.04 Å². The van der Waals surface area contributed by atoms with Crippen molar-refractivity contribution in [3.05, 3.63) is 35.9 Å². The number of hydrogen-bond acceptors (Lipinski definition) is 3. The van der Waals surface area contributed by atoms with Crippen LogP contribution in [0.2, 0.25) is 0 Å². The number of carbonyl (C=O) groups is 2. The lowest BCUT2D eigenvalue weighted by Gasteiger charge is -2.34. The van der Waals surface area contributed by atoms with Gasteiger partial charge in [-0.05, 0) is 37.9 Å². The normalized spacial score (nSPS) is 17.1. The van der Waals surface area contributed by atoms with E-state index in [1.807, 2.05) is 42.2 Å². The maximum atomic E-state index is 12.2. The third-order valence-corrected chi connectivity index (χ3v) is 4.32. The van der Waals surface area contributed by atoms with Crippen molar-refractivity contribution >= 4 is 24.3 Å². The van der Waals surface area contributed by atoms with Gasteiger partial charge in [-0.1, -0.05) is 37.3 Å². The fourth-order valence-corrected chi connectivity index (χ4v) is 2.99. The Labute approximate surface area is 143 Å².